The monoisotopic (exact) mass is 426 g/mol. The van der Waals surface area contributed by atoms with E-state index in [1.54, 1.807) is 11.8 Å². The van der Waals surface area contributed by atoms with Crippen LogP contribution in [-0.2, 0) is 13.6 Å². The number of methoxy groups -OCH3 is 1. The number of nitrogens with zero attached hydrogens (tertiary/aromatic N) is 4. The number of anilines is 1. The van der Waals surface area contributed by atoms with Gasteiger partial charge in [0.15, 0.2) is 0 Å². The molecule has 1 aliphatic carbocycles. The number of nitrogens with two attached hydrogens (primary N) is 1. The summed E-state index contributed by atoms with van der Waals surface area (Å²) < 4.78 is 7.33. The highest BCUT2D eigenvalue weighted by Crippen LogP contribution is 2.30. The summed E-state index contributed by atoms with van der Waals surface area (Å²) in [5.41, 5.74) is 9.83. The average Bonchev–Trinajstić information content (AvgIpc) is 3.35. The highest BCUT2D eigenvalue weighted by Gasteiger charge is 2.26. The van der Waals surface area contributed by atoms with Gasteiger partial charge < -0.3 is 15.8 Å². The molecule has 3 heterocycles. The molecule has 0 atom stereocenters. The first-order chi connectivity index (χ1) is 15.0. The molecule has 4 rings (SSSR count). The molecule has 2 fully saturated rings. The predicted molar refractivity (Wildman–Crippen MR) is 120 cm³/mol. The van der Waals surface area contributed by atoms with Crippen LogP contribution in [0.3, 0.4) is 0 Å². The lowest BCUT2D eigenvalue weighted by atomic mass is 9.92. The number of nitrogen functional groups attached to an aromatic ring is 1. The van der Waals surface area contributed by atoms with Crippen molar-refractivity contribution < 1.29 is 9.53 Å². The zero-order valence-electron chi connectivity index (χ0n) is 18.9. The summed E-state index contributed by atoms with van der Waals surface area (Å²) in [6.45, 7) is 4.83. The maximum absolute atomic E-state index is 12.6. The Morgan fingerprint density at radius 3 is 2.58 bits per heavy atom. The fraction of sp³-hybridized carbons (Fsp3) is 0.609. The number of ether oxygens (including phenoxy) is 1. The van der Waals surface area contributed by atoms with Crippen LogP contribution in [0, 0.1) is 6.92 Å². The van der Waals surface area contributed by atoms with Gasteiger partial charge in [0, 0.05) is 31.2 Å². The Morgan fingerprint density at radius 1 is 1.23 bits per heavy atom. The minimum atomic E-state index is -0.0981. The number of amides is 1. The molecule has 0 bridgehead atoms. The number of likely N-dealkylation sites (tertiary alicyclic amines) is 1. The van der Waals surface area contributed by atoms with Crippen molar-refractivity contribution in [2.75, 3.05) is 25.9 Å². The lowest BCUT2D eigenvalue weighted by molar-refractivity contribution is 0.0938. The number of hydrogen-bond donors (Lipinski definition) is 2. The maximum atomic E-state index is 12.6. The van der Waals surface area contributed by atoms with Gasteiger partial charge in [0.2, 0.25) is 5.88 Å². The molecule has 1 saturated carbocycles. The topological polar surface area (TPSA) is 98.3 Å². The van der Waals surface area contributed by atoms with Crippen LogP contribution in [0.25, 0.3) is 0 Å². The largest absolute Gasteiger partial charge is 0.481 e. The van der Waals surface area contributed by atoms with Gasteiger partial charge in [-0.1, -0.05) is 12.8 Å². The van der Waals surface area contributed by atoms with E-state index < -0.39 is 0 Å². The lowest BCUT2D eigenvalue weighted by Crippen LogP contribution is -2.34. The minimum Gasteiger partial charge on any atom is -0.481 e. The van der Waals surface area contributed by atoms with Gasteiger partial charge in [0.05, 0.1) is 23.9 Å². The molecule has 168 valence electrons. The number of nitrogens with one attached hydrogen (secondary N) is 1. The molecule has 2 aliphatic rings. The molecule has 8 nitrogen and oxygen atoms in total. The van der Waals surface area contributed by atoms with Crippen molar-refractivity contribution in [1.29, 1.82) is 0 Å². The minimum absolute atomic E-state index is 0.0981. The summed E-state index contributed by atoms with van der Waals surface area (Å²) in [5.74, 6) is 1.44. The molecule has 0 spiro atoms. The number of piperidine rings is 1. The van der Waals surface area contributed by atoms with E-state index >= 15 is 0 Å². The molecule has 3 N–H and O–H groups in total. The quantitative estimate of drug-likeness (QED) is 0.737. The number of carbonyl (C=O) groups is 1. The van der Waals surface area contributed by atoms with Gasteiger partial charge in [-0.25, -0.2) is 9.67 Å². The summed E-state index contributed by atoms with van der Waals surface area (Å²) in [5, 5.41) is 7.58. The molecule has 31 heavy (non-hydrogen) atoms. The molecule has 1 aliphatic heterocycles. The fourth-order valence-electron chi connectivity index (χ4n) is 4.97. The van der Waals surface area contributed by atoms with Crippen LogP contribution in [-0.4, -0.2) is 51.8 Å². The van der Waals surface area contributed by atoms with E-state index in [0.29, 0.717) is 17.3 Å². The van der Waals surface area contributed by atoms with E-state index in [-0.39, 0.29) is 11.9 Å². The lowest BCUT2D eigenvalue weighted by Gasteiger charge is -2.31. The molecule has 1 amide bonds. The standard InChI is InChI=1S/C23H34N6O2/c1-15-19(23(31-3)28(2)27-15)14-29-12-10-16(11-13-29)20-9-8-18(21(24)26-20)22(30)25-17-6-4-5-7-17/h8-9,16-17H,4-7,10-14H2,1-3H3,(H2,24,26)(H,25,30). The summed E-state index contributed by atoms with van der Waals surface area (Å²) >= 11 is 0. The third kappa shape index (κ3) is 4.69. The van der Waals surface area contributed by atoms with E-state index in [4.69, 9.17) is 10.5 Å². The first-order valence-electron chi connectivity index (χ1n) is 11.3. The van der Waals surface area contributed by atoms with Crippen molar-refractivity contribution in [3.8, 4) is 5.88 Å². The normalized spacial score (nSPS) is 18.4. The summed E-state index contributed by atoms with van der Waals surface area (Å²) in [6, 6.07) is 4.10. The van der Waals surface area contributed by atoms with Gasteiger partial charge in [-0.15, -0.1) is 0 Å². The third-order valence-electron chi connectivity index (χ3n) is 6.75. The molecule has 2 aromatic heterocycles. The smallest absolute Gasteiger partial charge is 0.255 e. The number of rotatable bonds is 6. The third-order valence-corrected chi connectivity index (χ3v) is 6.75. The van der Waals surface area contributed by atoms with Crippen molar-refractivity contribution in [3.63, 3.8) is 0 Å². The van der Waals surface area contributed by atoms with Crippen LogP contribution in [0.5, 0.6) is 5.88 Å². The van der Waals surface area contributed by atoms with Crippen LogP contribution in [0.15, 0.2) is 12.1 Å². The maximum Gasteiger partial charge on any atom is 0.255 e. The van der Waals surface area contributed by atoms with Gasteiger partial charge in [-0.2, -0.15) is 5.10 Å². The zero-order valence-corrected chi connectivity index (χ0v) is 18.9. The first-order valence-corrected chi connectivity index (χ1v) is 11.3. The fourth-order valence-corrected chi connectivity index (χ4v) is 4.97. The Bertz CT molecular complexity index is 926. The molecule has 2 aromatic rings. The van der Waals surface area contributed by atoms with Crippen molar-refractivity contribution in [3.05, 3.63) is 34.6 Å². The van der Waals surface area contributed by atoms with Gasteiger partial charge in [-0.3, -0.25) is 9.69 Å². The highest BCUT2D eigenvalue weighted by atomic mass is 16.5. The van der Waals surface area contributed by atoms with E-state index in [1.807, 2.05) is 26.1 Å². The van der Waals surface area contributed by atoms with Crippen molar-refractivity contribution in [1.82, 2.24) is 25.0 Å². The van der Waals surface area contributed by atoms with Gasteiger partial charge >= 0.3 is 0 Å². The summed E-state index contributed by atoms with van der Waals surface area (Å²) in [6.07, 6.45) is 6.51. The Balaban J connectivity index is 1.35. The second kappa shape index (κ2) is 9.26. The van der Waals surface area contributed by atoms with Crippen LogP contribution in [0.2, 0.25) is 0 Å². The highest BCUT2D eigenvalue weighted by molar-refractivity contribution is 5.98. The summed E-state index contributed by atoms with van der Waals surface area (Å²) in [4.78, 5) is 19.6. The molecule has 0 radical (unpaired) electrons. The van der Waals surface area contributed by atoms with Gasteiger partial charge in [0.25, 0.3) is 5.91 Å². The van der Waals surface area contributed by atoms with E-state index in [2.05, 4.69) is 20.3 Å². The molecule has 0 unspecified atom stereocenters. The molecular formula is C23H34N6O2. The Hall–Kier alpha value is -2.61. The van der Waals surface area contributed by atoms with Gasteiger partial charge in [0.1, 0.15) is 5.82 Å². The number of aromatic nitrogens is 3. The second-order valence-electron chi connectivity index (χ2n) is 8.87. The Morgan fingerprint density at radius 2 is 1.94 bits per heavy atom. The van der Waals surface area contributed by atoms with E-state index in [1.165, 1.54) is 12.8 Å². The zero-order chi connectivity index (χ0) is 22.0. The SMILES string of the molecule is COc1c(CN2CCC(c3ccc(C(=O)NC4CCCC4)c(N)n3)CC2)c(C)nn1C. The van der Waals surface area contributed by atoms with Crippen molar-refractivity contribution >= 4 is 11.7 Å². The van der Waals surface area contributed by atoms with Crippen LogP contribution in [0.4, 0.5) is 5.82 Å². The molecule has 8 heteroatoms. The molecule has 1 saturated heterocycles. The number of aryl methyl sites for hydroxylation is 2. The number of pyridine rings is 1. The number of carbonyl (C=O) groups excluding carboxylic acids is 1. The second-order valence-corrected chi connectivity index (χ2v) is 8.87. The van der Waals surface area contributed by atoms with Crippen molar-refractivity contribution in [2.24, 2.45) is 7.05 Å². The summed E-state index contributed by atoms with van der Waals surface area (Å²) in [7, 11) is 3.61. The number of hydrogen-bond acceptors (Lipinski definition) is 6. The average molecular weight is 427 g/mol. The first kappa shape index (κ1) is 21.6. The van der Waals surface area contributed by atoms with Crippen LogP contribution in [0.1, 0.15) is 71.8 Å². The van der Waals surface area contributed by atoms with Crippen LogP contribution >= 0.6 is 0 Å². The molecule has 0 aromatic carbocycles. The van der Waals surface area contributed by atoms with E-state index in [9.17, 15) is 4.79 Å². The van der Waals surface area contributed by atoms with E-state index in [0.717, 1.165) is 68.1 Å². The van der Waals surface area contributed by atoms with Crippen LogP contribution < -0.4 is 15.8 Å². The molecular weight excluding hydrogens is 392 g/mol. The van der Waals surface area contributed by atoms with Gasteiger partial charge in [-0.05, 0) is 57.8 Å². The Kier molecular flexibility index (Phi) is 6.46. The Labute approximate surface area is 184 Å². The predicted octanol–water partition coefficient (Wildman–Crippen LogP) is 2.77. The van der Waals surface area contributed by atoms with Crippen molar-refractivity contribution in [2.45, 2.75) is 64.0 Å².